The lowest BCUT2D eigenvalue weighted by atomic mass is 9.93. The van der Waals surface area contributed by atoms with Crippen LogP contribution >= 0.6 is 0 Å². The van der Waals surface area contributed by atoms with Crippen LogP contribution in [-0.2, 0) is 16.1 Å². The average molecular weight is 300 g/mol. The zero-order valence-corrected chi connectivity index (χ0v) is 12.7. The molecule has 0 bridgehead atoms. The predicted molar refractivity (Wildman–Crippen MR) is 83.7 cm³/mol. The first-order valence-corrected chi connectivity index (χ1v) is 7.15. The van der Waals surface area contributed by atoms with E-state index in [1.807, 2.05) is 42.5 Å². The van der Waals surface area contributed by atoms with Gasteiger partial charge < -0.3 is 14.6 Å². The van der Waals surface area contributed by atoms with Crippen LogP contribution in [-0.4, -0.2) is 24.3 Å². The molecule has 22 heavy (non-hydrogen) atoms. The number of aliphatic hydroxyl groups excluding tert-OH is 1. The van der Waals surface area contributed by atoms with Gasteiger partial charge in [-0.15, -0.1) is 0 Å². The molecule has 0 fully saturated rings. The highest BCUT2D eigenvalue weighted by Gasteiger charge is 2.29. The fourth-order valence-electron chi connectivity index (χ4n) is 2.31. The number of esters is 1. The van der Waals surface area contributed by atoms with E-state index in [2.05, 4.69) is 0 Å². The normalized spacial score (nSPS) is 13.2. The summed E-state index contributed by atoms with van der Waals surface area (Å²) < 4.78 is 10.6. The SMILES string of the molecule is COC(=O)C(c1ccccc1OCc1ccccc1)C(C)O. The number of rotatable bonds is 6. The molecule has 0 saturated heterocycles. The van der Waals surface area contributed by atoms with E-state index in [0.29, 0.717) is 17.9 Å². The average Bonchev–Trinajstić information content (AvgIpc) is 2.54. The summed E-state index contributed by atoms with van der Waals surface area (Å²) in [6.07, 6.45) is -0.867. The Morgan fingerprint density at radius 2 is 1.73 bits per heavy atom. The fourth-order valence-corrected chi connectivity index (χ4v) is 2.31. The van der Waals surface area contributed by atoms with Gasteiger partial charge in [0.15, 0.2) is 0 Å². The van der Waals surface area contributed by atoms with Crippen molar-refractivity contribution in [2.45, 2.75) is 25.6 Å². The van der Waals surface area contributed by atoms with Crippen molar-refractivity contribution in [3.63, 3.8) is 0 Å². The third kappa shape index (κ3) is 3.86. The van der Waals surface area contributed by atoms with Gasteiger partial charge in [-0.05, 0) is 18.6 Å². The summed E-state index contributed by atoms with van der Waals surface area (Å²) >= 11 is 0. The van der Waals surface area contributed by atoms with Gasteiger partial charge in [-0.2, -0.15) is 0 Å². The van der Waals surface area contributed by atoms with Gasteiger partial charge in [-0.1, -0.05) is 48.5 Å². The zero-order valence-electron chi connectivity index (χ0n) is 12.7. The Kier molecular flexibility index (Phi) is 5.55. The second kappa shape index (κ2) is 7.61. The van der Waals surface area contributed by atoms with Crippen LogP contribution < -0.4 is 4.74 Å². The number of aliphatic hydroxyl groups is 1. The minimum Gasteiger partial charge on any atom is -0.489 e. The summed E-state index contributed by atoms with van der Waals surface area (Å²) in [5.41, 5.74) is 1.66. The van der Waals surface area contributed by atoms with Gasteiger partial charge in [-0.25, -0.2) is 0 Å². The molecule has 0 aliphatic rings. The summed E-state index contributed by atoms with van der Waals surface area (Å²) in [4.78, 5) is 11.9. The van der Waals surface area contributed by atoms with Crippen LogP contribution in [0.2, 0.25) is 0 Å². The molecule has 0 saturated carbocycles. The Morgan fingerprint density at radius 3 is 2.36 bits per heavy atom. The summed E-state index contributed by atoms with van der Waals surface area (Å²) in [5, 5.41) is 9.92. The smallest absolute Gasteiger partial charge is 0.315 e. The highest BCUT2D eigenvalue weighted by Crippen LogP contribution is 2.30. The van der Waals surface area contributed by atoms with Gasteiger partial charge in [0, 0.05) is 5.56 Å². The quantitative estimate of drug-likeness (QED) is 0.833. The second-order valence-corrected chi connectivity index (χ2v) is 5.05. The minimum atomic E-state index is -0.867. The molecule has 0 spiro atoms. The van der Waals surface area contributed by atoms with Crippen LogP contribution in [0.3, 0.4) is 0 Å². The predicted octanol–water partition coefficient (Wildman–Crippen LogP) is 2.90. The van der Waals surface area contributed by atoms with E-state index in [0.717, 1.165) is 5.56 Å². The Labute approximate surface area is 130 Å². The third-order valence-corrected chi connectivity index (χ3v) is 3.43. The first-order valence-electron chi connectivity index (χ1n) is 7.15. The van der Waals surface area contributed by atoms with Gasteiger partial charge in [0.2, 0.25) is 0 Å². The van der Waals surface area contributed by atoms with Gasteiger partial charge in [-0.3, -0.25) is 4.79 Å². The van der Waals surface area contributed by atoms with Crippen molar-refractivity contribution in [2.75, 3.05) is 7.11 Å². The van der Waals surface area contributed by atoms with Crippen molar-refractivity contribution >= 4 is 5.97 Å². The number of carbonyl (C=O) groups is 1. The number of benzene rings is 2. The summed E-state index contributed by atoms with van der Waals surface area (Å²) in [6, 6.07) is 17.0. The molecule has 0 aliphatic heterocycles. The van der Waals surface area contributed by atoms with Crippen molar-refractivity contribution in [3.05, 3.63) is 65.7 Å². The monoisotopic (exact) mass is 300 g/mol. The topological polar surface area (TPSA) is 55.8 Å². The molecule has 0 aliphatic carbocycles. The number of carbonyl (C=O) groups excluding carboxylic acids is 1. The van der Waals surface area contributed by atoms with E-state index in [9.17, 15) is 9.90 Å². The Balaban J connectivity index is 2.23. The molecule has 0 aromatic heterocycles. The molecular formula is C18H20O4. The standard InChI is InChI=1S/C18H20O4/c1-13(19)17(18(20)21-2)15-10-6-7-11-16(15)22-12-14-8-4-3-5-9-14/h3-11,13,17,19H,12H2,1-2H3. The van der Waals surface area contributed by atoms with Crippen LogP contribution in [0.1, 0.15) is 24.0 Å². The lowest BCUT2D eigenvalue weighted by molar-refractivity contribution is -0.145. The number of ether oxygens (including phenoxy) is 2. The number of hydrogen-bond acceptors (Lipinski definition) is 4. The van der Waals surface area contributed by atoms with Crippen molar-refractivity contribution < 1.29 is 19.4 Å². The highest BCUT2D eigenvalue weighted by atomic mass is 16.5. The van der Waals surface area contributed by atoms with E-state index >= 15 is 0 Å². The van der Waals surface area contributed by atoms with Crippen molar-refractivity contribution in [1.29, 1.82) is 0 Å². The molecule has 2 aromatic rings. The second-order valence-electron chi connectivity index (χ2n) is 5.05. The highest BCUT2D eigenvalue weighted by molar-refractivity contribution is 5.79. The van der Waals surface area contributed by atoms with Gasteiger partial charge in [0.25, 0.3) is 0 Å². The number of hydrogen-bond donors (Lipinski definition) is 1. The summed E-state index contributed by atoms with van der Waals surface area (Å²) in [5.74, 6) is -0.676. The molecule has 2 rings (SSSR count). The molecule has 4 heteroatoms. The van der Waals surface area contributed by atoms with E-state index in [4.69, 9.17) is 9.47 Å². The Hall–Kier alpha value is -2.33. The molecule has 0 amide bonds. The van der Waals surface area contributed by atoms with Crippen molar-refractivity contribution in [3.8, 4) is 5.75 Å². The fraction of sp³-hybridized carbons (Fsp3) is 0.278. The van der Waals surface area contributed by atoms with Gasteiger partial charge >= 0.3 is 5.97 Å². The lowest BCUT2D eigenvalue weighted by Crippen LogP contribution is -2.25. The van der Waals surface area contributed by atoms with Crippen molar-refractivity contribution in [2.24, 2.45) is 0 Å². The molecule has 0 heterocycles. The molecule has 2 unspecified atom stereocenters. The van der Waals surface area contributed by atoms with E-state index in [1.54, 1.807) is 19.1 Å². The van der Waals surface area contributed by atoms with Gasteiger partial charge in [0.05, 0.1) is 13.2 Å². The molecule has 116 valence electrons. The first kappa shape index (κ1) is 16.0. The summed E-state index contributed by atoms with van der Waals surface area (Å²) in [7, 11) is 1.31. The van der Waals surface area contributed by atoms with E-state index in [-0.39, 0.29) is 0 Å². The molecule has 2 atom stereocenters. The third-order valence-electron chi connectivity index (χ3n) is 3.43. The van der Waals surface area contributed by atoms with E-state index in [1.165, 1.54) is 7.11 Å². The van der Waals surface area contributed by atoms with Crippen molar-refractivity contribution in [1.82, 2.24) is 0 Å². The maximum absolute atomic E-state index is 11.9. The molecule has 4 nitrogen and oxygen atoms in total. The van der Waals surface area contributed by atoms with Crippen LogP contribution in [0.5, 0.6) is 5.75 Å². The van der Waals surface area contributed by atoms with E-state index < -0.39 is 18.0 Å². The Morgan fingerprint density at radius 1 is 1.09 bits per heavy atom. The lowest BCUT2D eigenvalue weighted by Gasteiger charge is -2.21. The largest absolute Gasteiger partial charge is 0.489 e. The molecule has 0 radical (unpaired) electrons. The maximum atomic E-state index is 11.9. The molecule has 2 aromatic carbocycles. The van der Waals surface area contributed by atoms with Crippen LogP contribution in [0.15, 0.2) is 54.6 Å². The first-order chi connectivity index (χ1) is 10.6. The van der Waals surface area contributed by atoms with Crippen LogP contribution in [0.4, 0.5) is 0 Å². The maximum Gasteiger partial charge on any atom is 0.315 e. The minimum absolute atomic E-state index is 0.394. The van der Waals surface area contributed by atoms with Gasteiger partial charge in [0.1, 0.15) is 18.3 Å². The Bertz CT molecular complexity index is 607. The molecular weight excluding hydrogens is 280 g/mol. The summed E-state index contributed by atoms with van der Waals surface area (Å²) in [6.45, 7) is 1.96. The zero-order chi connectivity index (χ0) is 15.9. The number of methoxy groups -OCH3 is 1. The van der Waals surface area contributed by atoms with Crippen LogP contribution in [0, 0.1) is 0 Å². The molecule has 1 N–H and O–H groups in total. The number of para-hydroxylation sites is 1. The van der Waals surface area contributed by atoms with Crippen LogP contribution in [0.25, 0.3) is 0 Å².